The highest BCUT2D eigenvalue weighted by Crippen LogP contribution is 2.37. The molecule has 3 aromatic rings. The van der Waals surface area contributed by atoms with Crippen molar-refractivity contribution in [2.24, 2.45) is 0 Å². The lowest BCUT2D eigenvalue weighted by atomic mass is 9.93. The SMILES string of the molecule is Cc1c(O)ccc2c(OS(C)(=O)=O)c(NC(=O)c3ccc4c(c3)CCC(C)(C)O4)c(=O)oc12. The van der Waals surface area contributed by atoms with Crippen molar-refractivity contribution >= 4 is 32.7 Å². The Labute approximate surface area is 190 Å². The van der Waals surface area contributed by atoms with E-state index in [1.807, 2.05) is 13.8 Å². The van der Waals surface area contributed by atoms with E-state index in [1.165, 1.54) is 19.1 Å². The maximum atomic E-state index is 13.0. The first-order chi connectivity index (χ1) is 15.3. The summed E-state index contributed by atoms with van der Waals surface area (Å²) in [6.45, 7) is 5.47. The molecule has 10 heteroatoms. The molecule has 0 radical (unpaired) electrons. The van der Waals surface area contributed by atoms with E-state index in [0.29, 0.717) is 12.2 Å². The Morgan fingerprint density at radius 3 is 2.64 bits per heavy atom. The summed E-state index contributed by atoms with van der Waals surface area (Å²) in [5.41, 5.74) is -0.506. The molecule has 0 bridgehead atoms. The van der Waals surface area contributed by atoms with E-state index in [9.17, 15) is 23.1 Å². The van der Waals surface area contributed by atoms with Crippen LogP contribution in [0.5, 0.6) is 17.2 Å². The Morgan fingerprint density at radius 2 is 1.94 bits per heavy atom. The Hall–Kier alpha value is -3.53. The summed E-state index contributed by atoms with van der Waals surface area (Å²) in [7, 11) is -4.07. The van der Waals surface area contributed by atoms with Crippen molar-refractivity contribution in [3.63, 3.8) is 0 Å². The van der Waals surface area contributed by atoms with Crippen LogP contribution in [0.1, 0.15) is 41.8 Å². The number of amides is 1. The summed E-state index contributed by atoms with van der Waals surface area (Å²) >= 11 is 0. The fourth-order valence-electron chi connectivity index (χ4n) is 3.69. The zero-order chi connectivity index (χ0) is 24.1. The fraction of sp³-hybridized carbons (Fsp3) is 0.304. The molecule has 2 N–H and O–H groups in total. The molecular formula is C23H23NO8S. The Bertz CT molecular complexity index is 1450. The van der Waals surface area contributed by atoms with Gasteiger partial charge in [-0.1, -0.05) is 0 Å². The molecule has 1 amide bonds. The number of rotatable bonds is 4. The number of nitrogens with one attached hydrogen (secondary N) is 1. The van der Waals surface area contributed by atoms with Gasteiger partial charge in [0.15, 0.2) is 11.4 Å². The van der Waals surface area contributed by atoms with Gasteiger partial charge in [-0.25, -0.2) is 4.79 Å². The van der Waals surface area contributed by atoms with Crippen molar-refractivity contribution in [2.75, 3.05) is 11.6 Å². The number of carbonyl (C=O) groups excluding carboxylic acids is 1. The number of aryl methyl sites for hydroxylation is 2. The first-order valence-corrected chi connectivity index (χ1v) is 12.0. The molecule has 0 saturated carbocycles. The van der Waals surface area contributed by atoms with Crippen molar-refractivity contribution in [1.82, 2.24) is 0 Å². The van der Waals surface area contributed by atoms with E-state index in [0.717, 1.165) is 18.2 Å². The van der Waals surface area contributed by atoms with Crippen molar-refractivity contribution in [2.45, 2.75) is 39.2 Å². The van der Waals surface area contributed by atoms with Crippen LogP contribution in [0.4, 0.5) is 5.69 Å². The number of hydrogen-bond acceptors (Lipinski definition) is 8. The van der Waals surface area contributed by atoms with Gasteiger partial charge in [0, 0.05) is 11.1 Å². The van der Waals surface area contributed by atoms with Crippen molar-refractivity contribution in [3.8, 4) is 17.2 Å². The smallest absolute Gasteiger partial charge is 0.364 e. The van der Waals surface area contributed by atoms with Crippen LogP contribution in [0.3, 0.4) is 0 Å². The number of hydrogen-bond donors (Lipinski definition) is 2. The molecule has 174 valence electrons. The first-order valence-electron chi connectivity index (χ1n) is 10.2. The largest absolute Gasteiger partial charge is 0.508 e. The molecule has 0 fully saturated rings. The number of anilines is 1. The summed E-state index contributed by atoms with van der Waals surface area (Å²) < 4.78 is 40.1. The minimum Gasteiger partial charge on any atom is -0.508 e. The molecule has 0 saturated heterocycles. The van der Waals surface area contributed by atoms with Crippen LogP contribution in [0.2, 0.25) is 0 Å². The Balaban J connectivity index is 1.78. The molecule has 9 nitrogen and oxygen atoms in total. The van der Waals surface area contributed by atoms with E-state index in [2.05, 4.69) is 5.32 Å². The van der Waals surface area contributed by atoms with Gasteiger partial charge in [-0.2, -0.15) is 8.42 Å². The molecule has 0 aliphatic carbocycles. The highest BCUT2D eigenvalue weighted by molar-refractivity contribution is 7.86. The Morgan fingerprint density at radius 1 is 1.21 bits per heavy atom. The number of benzene rings is 2. The van der Waals surface area contributed by atoms with Crippen LogP contribution in [0.25, 0.3) is 11.0 Å². The molecule has 0 spiro atoms. The number of phenols is 1. The second kappa shape index (κ2) is 7.80. The number of carbonyl (C=O) groups is 1. The third-order valence-corrected chi connectivity index (χ3v) is 5.90. The molecule has 0 unspecified atom stereocenters. The first kappa shape index (κ1) is 22.7. The molecule has 2 aromatic carbocycles. The van der Waals surface area contributed by atoms with Gasteiger partial charge in [-0.3, -0.25) is 4.79 Å². The molecule has 33 heavy (non-hydrogen) atoms. The average molecular weight is 474 g/mol. The van der Waals surface area contributed by atoms with Crippen molar-refractivity contribution < 1.29 is 31.7 Å². The molecule has 1 aromatic heterocycles. The molecule has 2 heterocycles. The monoisotopic (exact) mass is 473 g/mol. The maximum absolute atomic E-state index is 13.0. The van der Waals surface area contributed by atoms with Gasteiger partial charge in [0.25, 0.3) is 5.91 Å². The van der Waals surface area contributed by atoms with Gasteiger partial charge in [0.05, 0.1) is 11.6 Å². The van der Waals surface area contributed by atoms with Gasteiger partial charge in [0.2, 0.25) is 0 Å². The molecule has 4 rings (SSSR count). The molecule has 0 atom stereocenters. The van der Waals surface area contributed by atoms with Crippen molar-refractivity contribution in [3.05, 3.63) is 57.4 Å². The number of fused-ring (bicyclic) bond motifs is 2. The maximum Gasteiger partial charge on any atom is 0.364 e. The Kier molecular flexibility index (Phi) is 5.36. The predicted molar refractivity (Wildman–Crippen MR) is 122 cm³/mol. The van der Waals surface area contributed by atoms with E-state index in [-0.39, 0.29) is 39.2 Å². The third kappa shape index (κ3) is 4.51. The van der Waals surface area contributed by atoms with Crippen LogP contribution >= 0.6 is 0 Å². The van der Waals surface area contributed by atoms with E-state index >= 15 is 0 Å². The summed E-state index contributed by atoms with van der Waals surface area (Å²) in [4.78, 5) is 25.7. The highest BCUT2D eigenvalue weighted by Gasteiger charge is 2.28. The van der Waals surface area contributed by atoms with Crippen LogP contribution in [0.15, 0.2) is 39.5 Å². The number of phenolic OH excluding ortho intramolecular Hbond substituents is 1. The molecular weight excluding hydrogens is 450 g/mol. The number of ether oxygens (including phenoxy) is 1. The molecule has 1 aliphatic rings. The molecule has 1 aliphatic heterocycles. The zero-order valence-electron chi connectivity index (χ0n) is 18.5. The van der Waals surface area contributed by atoms with E-state index in [4.69, 9.17) is 13.3 Å². The van der Waals surface area contributed by atoms with E-state index in [1.54, 1.807) is 18.2 Å². The predicted octanol–water partition coefficient (Wildman–Crippen LogP) is 3.50. The fourth-order valence-corrected chi connectivity index (χ4v) is 4.17. The van der Waals surface area contributed by atoms with Gasteiger partial charge in [0.1, 0.15) is 22.7 Å². The van der Waals surface area contributed by atoms with Crippen LogP contribution < -0.4 is 19.9 Å². The van der Waals surface area contributed by atoms with Gasteiger partial charge < -0.3 is 23.8 Å². The minimum atomic E-state index is -4.07. The van der Waals surface area contributed by atoms with Gasteiger partial charge >= 0.3 is 15.7 Å². The topological polar surface area (TPSA) is 132 Å². The normalized spacial score (nSPS) is 14.9. The van der Waals surface area contributed by atoms with Gasteiger partial charge in [-0.05, 0) is 69.5 Å². The van der Waals surface area contributed by atoms with Crippen LogP contribution in [-0.2, 0) is 16.5 Å². The second-order valence-corrected chi connectivity index (χ2v) is 10.2. The summed E-state index contributed by atoms with van der Waals surface area (Å²) in [5, 5.41) is 12.5. The van der Waals surface area contributed by atoms with Crippen molar-refractivity contribution in [1.29, 1.82) is 0 Å². The average Bonchev–Trinajstić information content (AvgIpc) is 2.71. The summed E-state index contributed by atoms with van der Waals surface area (Å²) in [6.07, 6.45) is 2.31. The minimum absolute atomic E-state index is 0.0507. The zero-order valence-corrected chi connectivity index (χ0v) is 19.3. The lowest BCUT2D eigenvalue weighted by molar-refractivity contribution is 0.0846. The summed E-state index contributed by atoms with van der Waals surface area (Å²) in [5.74, 6) is -0.497. The summed E-state index contributed by atoms with van der Waals surface area (Å²) in [6, 6.07) is 7.56. The van der Waals surface area contributed by atoms with Gasteiger partial charge in [-0.15, -0.1) is 0 Å². The number of aromatic hydroxyl groups is 1. The van der Waals surface area contributed by atoms with E-state index < -0.39 is 27.3 Å². The standard InChI is InChI=1S/C23H23NO8S/c1-12-16(25)7-6-15-19(12)30-22(27)18(20(15)32-33(4,28)29)24-21(26)14-5-8-17-13(11-14)9-10-23(2,3)31-17/h5-8,11,25H,9-10H2,1-4H3,(H,24,26). The second-order valence-electron chi connectivity index (χ2n) is 8.61. The third-order valence-electron chi connectivity index (χ3n) is 5.43. The van der Waals surface area contributed by atoms with Crippen LogP contribution in [0, 0.1) is 6.92 Å². The quantitative estimate of drug-likeness (QED) is 0.435. The highest BCUT2D eigenvalue weighted by atomic mass is 32.2. The lowest BCUT2D eigenvalue weighted by Gasteiger charge is -2.32. The lowest BCUT2D eigenvalue weighted by Crippen LogP contribution is -2.32. The van der Waals surface area contributed by atoms with Crippen LogP contribution in [-0.4, -0.2) is 31.3 Å².